The van der Waals surface area contributed by atoms with Crippen LogP contribution in [0.2, 0.25) is 0 Å². The van der Waals surface area contributed by atoms with Gasteiger partial charge >= 0.3 is 0 Å². The van der Waals surface area contributed by atoms with Gasteiger partial charge in [-0.3, -0.25) is 19.7 Å². The molecular formula is C12H12FN3O3. The Bertz CT molecular complexity index is 571. The van der Waals surface area contributed by atoms with Crippen LogP contribution in [0.1, 0.15) is 24.2 Å². The highest BCUT2D eigenvalue weighted by atomic mass is 19.1. The van der Waals surface area contributed by atoms with Crippen LogP contribution < -0.4 is 5.32 Å². The van der Waals surface area contributed by atoms with Crippen molar-refractivity contribution in [2.45, 2.75) is 19.4 Å². The van der Waals surface area contributed by atoms with Crippen LogP contribution in [0.5, 0.6) is 0 Å². The van der Waals surface area contributed by atoms with Crippen LogP contribution in [-0.4, -0.2) is 39.7 Å². The number of hydrogen-bond donors (Lipinski definition) is 1. The summed E-state index contributed by atoms with van der Waals surface area (Å²) in [6.07, 6.45) is 1.15. The zero-order valence-electron chi connectivity index (χ0n) is 10.4. The number of rotatable bonds is 1. The molecule has 0 saturated carbocycles. The van der Waals surface area contributed by atoms with Gasteiger partial charge in [0.1, 0.15) is 12.1 Å². The SMILES string of the molecule is CC1(C)C(=O)NC(=O)CN1C(=O)c1ccnc(F)c1. The molecule has 0 atom stereocenters. The molecule has 1 aromatic heterocycles. The molecule has 1 aliphatic rings. The summed E-state index contributed by atoms with van der Waals surface area (Å²) in [5.41, 5.74) is -1.13. The third-order valence-corrected chi connectivity index (χ3v) is 3.00. The molecule has 2 heterocycles. The lowest BCUT2D eigenvalue weighted by Crippen LogP contribution is -2.65. The molecule has 1 aliphatic heterocycles. The fourth-order valence-electron chi connectivity index (χ4n) is 1.80. The fourth-order valence-corrected chi connectivity index (χ4v) is 1.80. The number of aromatic nitrogens is 1. The minimum atomic E-state index is -1.18. The standard InChI is InChI=1S/C12H12FN3O3/c1-12(2)11(19)15-9(17)6-16(12)10(18)7-3-4-14-8(13)5-7/h3-5H,6H2,1-2H3,(H,15,17,19). The highest BCUT2D eigenvalue weighted by Gasteiger charge is 2.43. The summed E-state index contributed by atoms with van der Waals surface area (Å²) >= 11 is 0. The molecule has 0 bridgehead atoms. The molecule has 19 heavy (non-hydrogen) atoms. The monoisotopic (exact) mass is 265 g/mol. The molecule has 2 rings (SSSR count). The van der Waals surface area contributed by atoms with Crippen molar-refractivity contribution in [3.8, 4) is 0 Å². The van der Waals surface area contributed by atoms with Gasteiger partial charge in [-0.15, -0.1) is 0 Å². The number of hydrogen-bond acceptors (Lipinski definition) is 4. The number of amides is 3. The lowest BCUT2D eigenvalue weighted by atomic mass is 9.97. The second-order valence-corrected chi connectivity index (χ2v) is 4.69. The normalized spacial score (nSPS) is 18.2. The lowest BCUT2D eigenvalue weighted by Gasteiger charge is -2.40. The van der Waals surface area contributed by atoms with E-state index in [2.05, 4.69) is 10.3 Å². The first-order valence-electron chi connectivity index (χ1n) is 5.60. The topological polar surface area (TPSA) is 79.4 Å². The Hall–Kier alpha value is -2.31. The number of imide groups is 1. The summed E-state index contributed by atoms with van der Waals surface area (Å²) in [5, 5.41) is 2.16. The molecule has 6 nitrogen and oxygen atoms in total. The van der Waals surface area contributed by atoms with E-state index in [4.69, 9.17) is 0 Å². The zero-order chi connectivity index (χ0) is 14.2. The molecule has 0 aliphatic carbocycles. The van der Waals surface area contributed by atoms with Crippen molar-refractivity contribution in [1.29, 1.82) is 0 Å². The molecule has 1 fully saturated rings. The van der Waals surface area contributed by atoms with Crippen molar-refractivity contribution >= 4 is 17.7 Å². The molecule has 0 radical (unpaired) electrons. The maximum atomic E-state index is 13.0. The molecular weight excluding hydrogens is 253 g/mol. The van der Waals surface area contributed by atoms with Gasteiger partial charge in [-0.2, -0.15) is 4.39 Å². The summed E-state index contributed by atoms with van der Waals surface area (Å²) in [7, 11) is 0. The molecule has 3 amide bonds. The van der Waals surface area contributed by atoms with Gasteiger partial charge in [-0.25, -0.2) is 4.98 Å². The Morgan fingerprint density at radius 1 is 1.47 bits per heavy atom. The minimum Gasteiger partial charge on any atom is -0.315 e. The Morgan fingerprint density at radius 3 is 2.79 bits per heavy atom. The summed E-state index contributed by atoms with van der Waals surface area (Å²) in [6, 6.07) is 2.30. The van der Waals surface area contributed by atoms with Crippen molar-refractivity contribution in [3.05, 3.63) is 29.8 Å². The van der Waals surface area contributed by atoms with E-state index in [0.29, 0.717) is 0 Å². The number of halogens is 1. The first-order valence-corrected chi connectivity index (χ1v) is 5.60. The second-order valence-electron chi connectivity index (χ2n) is 4.69. The average molecular weight is 265 g/mol. The predicted octanol–water partition coefficient (Wildman–Crippen LogP) is 0.0979. The highest BCUT2D eigenvalue weighted by Crippen LogP contribution is 2.21. The van der Waals surface area contributed by atoms with Crippen LogP contribution in [0, 0.1) is 5.95 Å². The van der Waals surface area contributed by atoms with E-state index in [1.165, 1.54) is 19.9 Å². The predicted molar refractivity (Wildman–Crippen MR) is 62.5 cm³/mol. The van der Waals surface area contributed by atoms with E-state index in [9.17, 15) is 18.8 Å². The van der Waals surface area contributed by atoms with E-state index in [-0.39, 0.29) is 12.1 Å². The first kappa shape index (κ1) is 13.1. The fraction of sp³-hybridized carbons (Fsp3) is 0.333. The molecule has 1 saturated heterocycles. The van der Waals surface area contributed by atoms with Gasteiger partial charge in [0.25, 0.3) is 11.8 Å². The van der Waals surface area contributed by atoms with Gasteiger partial charge in [0.15, 0.2) is 0 Å². The van der Waals surface area contributed by atoms with E-state index < -0.39 is 29.2 Å². The van der Waals surface area contributed by atoms with Crippen LogP contribution >= 0.6 is 0 Å². The summed E-state index contributed by atoms with van der Waals surface area (Å²) < 4.78 is 13.0. The van der Waals surface area contributed by atoms with Crippen molar-refractivity contribution in [2.75, 3.05) is 6.54 Å². The minimum absolute atomic E-state index is 0.0445. The van der Waals surface area contributed by atoms with E-state index in [0.717, 1.165) is 17.2 Å². The van der Waals surface area contributed by atoms with Gasteiger partial charge in [0.05, 0.1) is 0 Å². The second kappa shape index (κ2) is 4.42. The van der Waals surface area contributed by atoms with Crippen LogP contribution in [0.3, 0.4) is 0 Å². The summed E-state index contributed by atoms with van der Waals surface area (Å²) in [6.45, 7) is 2.79. The van der Waals surface area contributed by atoms with Gasteiger partial charge < -0.3 is 4.90 Å². The number of pyridine rings is 1. The van der Waals surface area contributed by atoms with Gasteiger partial charge in [-0.1, -0.05) is 0 Å². The largest absolute Gasteiger partial charge is 0.315 e. The van der Waals surface area contributed by atoms with Gasteiger partial charge in [-0.05, 0) is 19.9 Å². The van der Waals surface area contributed by atoms with Crippen LogP contribution in [-0.2, 0) is 9.59 Å². The Labute approximate surface area is 108 Å². The van der Waals surface area contributed by atoms with Crippen molar-refractivity contribution < 1.29 is 18.8 Å². The van der Waals surface area contributed by atoms with Crippen LogP contribution in [0.25, 0.3) is 0 Å². The molecule has 0 aromatic carbocycles. The molecule has 1 aromatic rings. The smallest absolute Gasteiger partial charge is 0.255 e. The van der Waals surface area contributed by atoms with Crippen molar-refractivity contribution in [1.82, 2.24) is 15.2 Å². The number of carbonyl (C=O) groups excluding carboxylic acids is 3. The molecule has 100 valence electrons. The molecule has 0 unspecified atom stereocenters. The Kier molecular flexibility index (Phi) is 3.05. The Balaban J connectivity index is 2.36. The molecule has 0 spiro atoms. The molecule has 7 heteroatoms. The number of piperazine rings is 1. The highest BCUT2D eigenvalue weighted by molar-refractivity contribution is 6.08. The Morgan fingerprint density at radius 2 is 2.16 bits per heavy atom. The number of nitrogens with zero attached hydrogens (tertiary/aromatic N) is 2. The van der Waals surface area contributed by atoms with E-state index in [1.54, 1.807) is 0 Å². The quantitative estimate of drug-likeness (QED) is 0.577. The summed E-state index contributed by atoms with van der Waals surface area (Å²) in [4.78, 5) is 39.8. The third-order valence-electron chi connectivity index (χ3n) is 3.00. The number of nitrogens with one attached hydrogen (secondary N) is 1. The van der Waals surface area contributed by atoms with Crippen LogP contribution in [0.4, 0.5) is 4.39 Å². The molecule has 1 N–H and O–H groups in total. The maximum absolute atomic E-state index is 13.0. The van der Waals surface area contributed by atoms with Gasteiger partial charge in [0, 0.05) is 17.8 Å². The van der Waals surface area contributed by atoms with Crippen molar-refractivity contribution in [2.24, 2.45) is 0 Å². The number of carbonyl (C=O) groups is 3. The average Bonchev–Trinajstić information content (AvgIpc) is 2.33. The van der Waals surface area contributed by atoms with Crippen molar-refractivity contribution in [3.63, 3.8) is 0 Å². The lowest BCUT2D eigenvalue weighted by molar-refractivity contribution is -0.143. The van der Waals surface area contributed by atoms with E-state index in [1.807, 2.05) is 0 Å². The summed E-state index contributed by atoms with van der Waals surface area (Å²) in [5.74, 6) is -2.51. The maximum Gasteiger partial charge on any atom is 0.255 e. The van der Waals surface area contributed by atoms with Crippen LogP contribution in [0.15, 0.2) is 18.3 Å². The first-order chi connectivity index (χ1) is 8.82. The third kappa shape index (κ3) is 2.31. The van der Waals surface area contributed by atoms with E-state index >= 15 is 0 Å². The zero-order valence-corrected chi connectivity index (χ0v) is 10.4. The van der Waals surface area contributed by atoms with Gasteiger partial charge in [0.2, 0.25) is 11.9 Å².